The van der Waals surface area contributed by atoms with Gasteiger partial charge in [-0.2, -0.15) is 0 Å². The Balaban J connectivity index is 0. The van der Waals surface area contributed by atoms with Crippen molar-refractivity contribution in [3.63, 3.8) is 0 Å². The molecule has 0 fully saturated rings. The van der Waals surface area contributed by atoms with Crippen LogP contribution < -0.4 is 21.3 Å². The Hall–Kier alpha value is -1.31. The van der Waals surface area contributed by atoms with Gasteiger partial charge in [0.05, 0.1) is 12.2 Å². The van der Waals surface area contributed by atoms with Crippen LogP contribution in [0.2, 0.25) is 12.1 Å². The van der Waals surface area contributed by atoms with Crippen LogP contribution in [0.25, 0.3) is 0 Å². The molecule has 44 heavy (non-hydrogen) atoms. The van der Waals surface area contributed by atoms with Gasteiger partial charge in [-0.05, 0) is 68.2 Å². The summed E-state index contributed by atoms with van der Waals surface area (Å²) in [4.78, 5) is 24.4. The van der Waals surface area contributed by atoms with Crippen molar-refractivity contribution in [3.8, 4) is 0 Å². The molecule has 15 heteroatoms. The monoisotopic (exact) mass is 670 g/mol. The summed E-state index contributed by atoms with van der Waals surface area (Å²) in [6.07, 6.45) is 2.62. The summed E-state index contributed by atoms with van der Waals surface area (Å²) in [5.74, 6) is 0. The first kappa shape index (κ1) is 44.8. The molecule has 0 saturated heterocycles. The highest BCUT2D eigenvalue weighted by Gasteiger charge is 2.40. The fourth-order valence-electron chi connectivity index (χ4n) is 3.98. The predicted molar refractivity (Wildman–Crippen MR) is 179 cm³/mol. The first-order valence-corrected chi connectivity index (χ1v) is 20.4. The van der Waals surface area contributed by atoms with Crippen LogP contribution in [0.3, 0.4) is 0 Å². The molecule has 0 aliphatic heterocycles. The molecular formula is C29H66N4O9Si2. The predicted octanol–water partition coefficient (Wildman–Crippen LogP) is 4.67. The van der Waals surface area contributed by atoms with Crippen LogP contribution in [-0.2, 0) is 31.3 Å². The molecule has 0 atom stereocenters. The highest BCUT2D eigenvalue weighted by atomic mass is 28.4. The van der Waals surface area contributed by atoms with E-state index in [1.54, 1.807) is 0 Å². The van der Waals surface area contributed by atoms with Gasteiger partial charge in [0.1, 0.15) is 0 Å². The van der Waals surface area contributed by atoms with Crippen LogP contribution >= 0.6 is 0 Å². The van der Waals surface area contributed by atoms with Crippen LogP contribution in [0, 0.1) is 0 Å². The topological polar surface area (TPSA) is 147 Å². The summed E-state index contributed by atoms with van der Waals surface area (Å²) in [5, 5.41) is 11.3. The molecule has 0 aliphatic rings. The van der Waals surface area contributed by atoms with Crippen molar-refractivity contribution in [2.24, 2.45) is 0 Å². The van der Waals surface area contributed by atoms with Gasteiger partial charge in [0, 0.05) is 77.9 Å². The molecule has 13 nitrogen and oxygen atoms in total. The first-order chi connectivity index (χ1) is 21.0. The normalized spacial score (nSPS) is 11.9. The van der Waals surface area contributed by atoms with E-state index in [1.807, 2.05) is 55.4 Å². The van der Waals surface area contributed by atoms with E-state index in [1.165, 1.54) is 6.42 Å². The van der Waals surface area contributed by atoms with Crippen molar-refractivity contribution in [1.82, 2.24) is 21.3 Å². The molecule has 0 aliphatic carbocycles. The van der Waals surface area contributed by atoms with Gasteiger partial charge in [-0.15, -0.1) is 0 Å². The molecule has 0 heterocycles. The highest BCUT2D eigenvalue weighted by Crippen LogP contribution is 2.18. The Morgan fingerprint density at radius 2 is 0.864 bits per heavy atom. The lowest BCUT2D eigenvalue weighted by atomic mass is 10.1. The van der Waals surface area contributed by atoms with Gasteiger partial charge >= 0.3 is 29.7 Å². The number of rotatable bonds is 26. The second-order valence-electron chi connectivity index (χ2n) is 10.3. The molecule has 0 rings (SSSR count). The maximum Gasteiger partial charge on any atom is 0.500 e. The second-order valence-corrected chi connectivity index (χ2v) is 15.7. The molecule has 0 bridgehead atoms. The highest BCUT2D eigenvalue weighted by molar-refractivity contribution is 6.61. The van der Waals surface area contributed by atoms with E-state index < -0.39 is 23.2 Å². The standard InChI is InChI=1S/C26H58N4O9Si2.C3H8/c1-9-34-40(35-10-2,36-11-3)21-15-17-27-24(31)29-19-20-33-26(7,8)23-30-25(32)28-18-16-22-41(37-12-4,38-13-5)39-14-6;1-3-2/h9-23H2,1-8H3,(H2,27,29,31)(H2,28,30,32);3H2,1-2H3. The smallest absolute Gasteiger partial charge is 0.374 e. The summed E-state index contributed by atoms with van der Waals surface area (Å²) in [6.45, 7) is 24.6. The summed E-state index contributed by atoms with van der Waals surface area (Å²) >= 11 is 0. The van der Waals surface area contributed by atoms with Crippen LogP contribution in [0.5, 0.6) is 0 Å². The van der Waals surface area contributed by atoms with E-state index in [0.717, 1.165) is 0 Å². The van der Waals surface area contributed by atoms with Crippen molar-refractivity contribution < 1.29 is 40.9 Å². The Morgan fingerprint density at radius 3 is 1.20 bits per heavy atom. The number of ether oxygens (including phenoxy) is 1. The van der Waals surface area contributed by atoms with Gasteiger partial charge in [0.15, 0.2) is 0 Å². The van der Waals surface area contributed by atoms with Crippen LogP contribution in [0.4, 0.5) is 9.59 Å². The third kappa shape index (κ3) is 23.1. The molecular weight excluding hydrogens is 605 g/mol. The third-order valence-corrected chi connectivity index (χ3v) is 11.9. The van der Waals surface area contributed by atoms with E-state index in [9.17, 15) is 9.59 Å². The quantitative estimate of drug-likeness (QED) is 0.0762. The number of carbonyl (C=O) groups excluding carboxylic acids is 2. The van der Waals surface area contributed by atoms with Gasteiger partial charge in [0.25, 0.3) is 0 Å². The Bertz CT molecular complexity index is 676. The van der Waals surface area contributed by atoms with E-state index in [-0.39, 0.29) is 12.1 Å². The lowest BCUT2D eigenvalue weighted by Gasteiger charge is -2.28. The van der Waals surface area contributed by atoms with Crippen molar-refractivity contribution in [2.45, 2.75) is 106 Å². The lowest BCUT2D eigenvalue weighted by molar-refractivity contribution is -0.0117. The average molecular weight is 671 g/mol. The number of urea groups is 2. The molecule has 0 spiro atoms. The number of nitrogens with one attached hydrogen (secondary N) is 4. The minimum atomic E-state index is -2.71. The zero-order chi connectivity index (χ0) is 33.7. The molecule has 0 radical (unpaired) electrons. The van der Waals surface area contributed by atoms with E-state index in [0.29, 0.717) is 97.4 Å². The summed E-state index contributed by atoms with van der Waals surface area (Å²) in [6, 6.07) is 0.719. The summed E-state index contributed by atoms with van der Waals surface area (Å²) < 4.78 is 40.9. The minimum Gasteiger partial charge on any atom is -0.374 e. The van der Waals surface area contributed by atoms with Gasteiger partial charge < -0.3 is 52.6 Å². The Kier molecular flexibility index (Phi) is 28.5. The van der Waals surface area contributed by atoms with Crippen LogP contribution in [0.15, 0.2) is 0 Å². The van der Waals surface area contributed by atoms with Crippen molar-refractivity contribution in [1.29, 1.82) is 0 Å². The lowest BCUT2D eigenvalue weighted by Crippen LogP contribution is -2.48. The number of carbonyl (C=O) groups is 2. The largest absolute Gasteiger partial charge is 0.500 e. The fourth-order valence-corrected chi connectivity index (χ4v) is 9.20. The van der Waals surface area contributed by atoms with E-state index >= 15 is 0 Å². The van der Waals surface area contributed by atoms with Crippen LogP contribution in [-0.4, -0.2) is 108 Å². The van der Waals surface area contributed by atoms with Gasteiger partial charge in [-0.3, -0.25) is 0 Å². The maximum atomic E-state index is 12.3. The molecule has 4 amide bonds. The van der Waals surface area contributed by atoms with Crippen molar-refractivity contribution in [2.75, 3.05) is 72.4 Å². The molecule has 264 valence electrons. The third-order valence-electron chi connectivity index (χ3n) is 5.63. The van der Waals surface area contributed by atoms with Crippen molar-refractivity contribution in [3.05, 3.63) is 0 Å². The Labute approximate surface area is 270 Å². The van der Waals surface area contributed by atoms with Gasteiger partial charge in [-0.1, -0.05) is 20.3 Å². The van der Waals surface area contributed by atoms with Gasteiger partial charge in [-0.25, -0.2) is 9.59 Å². The molecule has 0 unspecified atom stereocenters. The molecule has 0 aromatic heterocycles. The number of hydrogen-bond donors (Lipinski definition) is 4. The fraction of sp³-hybridized carbons (Fsp3) is 0.931. The summed E-state index contributed by atoms with van der Waals surface area (Å²) in [5.41, 5.74) is -0.609. The number of hydrogen-bond acceptors (Lipinski definition) is 9. The molecule has 0 aromatic carbocycles. The first-order valence-electron chi connectivity index (χ1n) is 16.5. The van der Waals surface area contributed by atoms with E-state index in [4.69, 9.17) is 31.3 Å². The summed E-state index contributed by atoms with van der Waals surface area (Å²) in [7, 11) is -5.41. The second kappa shape index (κ2) is 28.0. The average Bonchev–Trinajstić information content (AvgIpc) is 2.96. The zero-order valence-corrected chi connectivity index (χ0v) is 31.5. The molecule has 0 aromatic rings. The zero-order valence-electron chi connectivity index (χ0n) is 29.5. The molecule has 0 saturated carbocycles. The Morgan fingerprint density at radius 1 is 0.545 bits per heavy atom. The SMILES string of the molecule is CCC.CCO[Si](CCCNC(=O)NCCOC(C)(C)CNC(=O)NCCC[Si](OCC)(OCC)OCC)(OCC)OCC. The van der Waals surface area contributed by atoms with E-state index in [2.05, 4.69) is 35.1 Å². The van der Waals surface area contributed by atoms with Crippen molar-refractivity contribution >= 4 is 29.7 Å². The van der Waals surface area contributed by atoms with Gasteiger partial charge in [0.2, 0.25) is 0 Å². The minimum absolute atomic E-state index is 0.273. The maximum absolute atomic E-state index is 12.3. The van der Waals surface area contributed by atoms with Crippen LogP contribution in [0.1, 0.15) is 88.5 Å². The molecule has 4 N–H and O–H groups in total. The number of amides is 4.